The quantitative estimate of drug-likeness (QED) is 0.478. The summed E-state index contributed by atoms with van der Waals surface area (Å²) in [7, 11) is 0. The molecule has 0 saturated heterocycles. The number of rotatable bonds is 2. The molecule has 0 fully saturated rings. The highest BCUT2D eigenvalue weighted by Gasteiger charge is 2.26. The Bertz CT molecular complexity index is 1210. The number of hydrogen-bond acceptors (Lipinski definition) is 5. The molecular weight excluding hydrogens is 360 g/mol. The minimum Gasteiger partial charge on any atom is -0.454 e. The molecule has 5 nitrogen and oxygen atoms in total. The number of carbonyl (C=O) groups is 1. The van der Waals surface area contributed by atoms with Crippen LogP contribution in [0.15, 0.2) is 54.6 Å². The lowest BCUT2D eigenvalue weighted by Gasteiger charge is -2.04. The summed E-state index contributed by atoms with van der Waals surface area (Å²) < 4.78 is 10.6. The number of aromatic nitrogens is 1. The monoisotopic (exact) mass is 372 g/mol. The van der Waals surface area contributed by atoms with E-state index in [4.69, 9.17) is 14.5 Å². The molecule has 0 bridgehead atoms. The Labute approximate surface area is 158 Å². The molecule has 4 aromatic rings. The maximum Gasteiger partial charge on any atom is 0.257 e. The molecule has 6 heteroatoms. The van der Waals surface area contributed by atoms with Crippen molar-refractivity contribution in [2.24, 2.45) is 0 Å². The van der Waals surface area contributed by atoms with Crippen molar-refractivity contribution in [3.8, 4) is 33.2 Å². The second-order valence-electron chi connectivity index (χ2n) is 6.43. The second-order valence-corrected chi connectivity index (χ2v) is 7.43. The molecule has 2 heterocycles. The molecule has 0 unspecified atom stereocenters. The van der Waals surface area contributed by atoms with Gasteiger partial charge in [-0.25, -0.2) is 4.98 Å². The van der Waals surface area contributed by atoms with Crippen molar-refractivity contribution >= 4 is 33.1 Å². The summed E-state index contributed by atoms with van der Waals surface area (Å²) in [5.41, 5.74) is 3.75. The summed E-state index contributed by atoms with van der Waals surface area (Å²) in [6, 6.07) is 17.7. The first-order valence-corrected chi connectivity index (χ1v) is 9.34. The summed E-state index contributed by atoms with van der Waals surface area (Å²) in [6.45, 7) is 0.185. The highest BCUT2D eigenvalue weighted by Crippen LogP contribution is 2.50. The Morgan fingerprint density at radius 2 is 1.81 bits per heavy atom. The van der Waals surface area contributed by atoms with Gasteiger partial charge < -0.3 is 9.47 Å². The van der Waals surface area contributed by atoms with Gasteiger partial charge in [-0.05, 0) is 29.0 Å². The summed E-state index contributed by atoms with van der Waals surface area (Å²) in [6.07, 6.45) is 0. The van der Waals surface area contributed by atoms with Gasteiger partial charge >= 0.3 is 0 Å². The lowest BCUT2D eigenvalue weighted by atomic mass is 10.0. The van der Waals surface area contributed by atoms with Crippen LogP contribution in [-0.4, -0.2) is 17.7 Å². The van der Waals surface area contributed by atoms with Crippen LogP contribution < -0.4 is 14.8 Å². The number of anilines is 1. The average molecular weight is 372 g/mol. The fourth-order valence-electron chi connectivity index (χ4n) is 3.67. The van der Waals surface area contributed by atoms with Gasteiger partial charge in [0.05, 0.1) is 10.6 Å². The number of amides is 1. The number of thiazole rings is 1. The molecule has 0 spiro atoms. The van der Waals surface area contributed by atoms with Crippen LogP contribution in [0, 0.1) is 0 Å². The van der Waals surface area contributed by atoms with Crippen molar-refractivity contribution in [3.05, 3.63) is 60.2 Å². The molecule has 1 N–H and O–H groups in total. The number of hydrogen-bond donors (Lipinski definition) is 1. The van der Waals surface area contributed by atoms with Crippen molar-refractivity contribution in [2.75, 3.05) is 12.1 Å². The normalized spacial score (nSPS) is 13.0. The van der Waals surface area contributed by atoms with E-state index in [2.05, 4.69) is 35.6 Å². The van der Waals surface area contributed by atoms with Crippen LogP contribution in [0.3, 0.4) is 0 Å². The van der Waals surface area contributed by atoms with Crippen LogP contribution in [0.1, 0.15) is 10.4 Å². The summed E-state index contributed by atoms with van der Waals surface area (Å²) >= 11 is 1.50. The molecule has 2 aliphatic rings. The first kappa shape index (κ1) is 14.8. The van der Waals surface area contributed by atoms with Gasteiger partial charge in [0, 0.05) is 16.7 Å². The Balaban J connectivity index is 1.36. The predicted molar refractivity (Wildman–Crippen MR) is 105 cm³/mol. The van der Waals surface area contributed by atoms with Crippen molar-refractivity contribution in [2.45, 2.75) is 0 Å². The van der Waals surface area contributed by atoms with Crippen LogP contribution in [0.4, 0.5) is 5.13 Å². The van der Waals surface area contributed by atoms with E-state index >= 15 is 0 Å². The lowest BCUT2D eigenvalue weighted by molar-refractivity contribution is 0.102. The Kier molecular flexibility index (Phi) is 2.90. The first-order chi connectivity index (χ1) is 13.3. The standard InChI is InChI=1S/C21H12N2O3S/c24-20(12-7-8-15-16(9-12)26-10-25-15)23-21-22-18-13-5-1-3-11-4-2-6-14(17(11)13)19(18)27-21/h1-9H,10H2,(H,22,23,24). The number of carbonyl (C=O) groups excluding carboxylic acids is 1. The predicted octanol–water partition coefficient (Wildman–Crippen LogP) is 4.92. The van der Waals surface area contributed by atoms with E-state index in [1.165, 1.54) is 27.7 Å². The highest BCUT2D eigenvalue weighted by atomic mass is 32.1. The van der Waals surface area contributed by atoms with Gasteiger partial charge in [0.15, 0.2) is 16.6 Å². The molecule has 1 aliphatic heterocycles. The topological polar surface area (TPSA) is 60.5 Å². The molecule has 1 aromatic heterocycles. The smallest absolute Gasteiger partial charge is 0.257 e. The first-order valence-electron chi connectivity index (χ1n) is 8.52. The molecule has 3 aromatic carbocycles. The fraction of sp³-hybridized carbons (Fsp3) is 0.0476. The third-order valence-electron chi connectivity index (χ3n) is 4.89. The number of fused-ring (bicyclic) bond motifs is 4. The fourth-order valence-corrected chi connectivity index (χ4v) is 4.68. The zero-order chi connectivity index (χ0) is 18.0. The van der Waals surface area contributed by atoms with E-state index in [1.807, 2.05) is 6.07 Å². The summed E-state index contributed by atoms with van der Waals surface area (Å²) in [5.74, 6) is 1.03. The molecule has 1 amide bonds. The van der Waals surface area contributed by atoms with Crippen LogP contribution >= 0.6 is 11.3 Å². The van der Waals surface area contributed by atoms with Gasteiger partial charge in [-0.1, -0.05) is 47.7 Å². The number of ether oxygens (including phenoxy) is 2. The summed E-state index contributed by atoms with van der Waals surface area (Å²) in [4.78, 5) is 18.4. The van der Waals surface area contributed by atoms with E-state index < -0.39 is 0 Å². The number of benzene rings is 3. The third-order valence-corrected chi connectivity index (χ3v) is 5.89. The van der Waals surface area contributed by atoms with Gasteiger partial charge in [-0.2, -0.15) is 0 Å². The summed E-state index contributed by atoms with van der Waals surface area (Å²) in [5, 5.41) is 5.95. The second kappa shape index (κ2) is 5.31. The van der Waals surface area contributed by atoms with Gasteiger partial charge in [-0.3, -0.25) is 10.1 Å². The molecule has 0 atom stereocenters. The minimum absolute atomic E-state index is 0.185. The van der Waals surface area contributed by atoms with Crippen LogP contribution in [0.5, 0.6) is 11.5 Å². The van der Waals surface area contributed by atoms with Crippen molar-refractivity contribution < 1.29 is 14.3 Å². The van der Waals surface area contributed by atoms with E-state index in [1.54, 1.807) is 18.2 Å². The van der Waals surface area contributed by atoms with Gasteiger partial charge in [0.1, 0.15) is 0 Å². The molecule has 27 heavy (non-hydrogen) atoms. The highest BCUT2D eigenvalue weighted by molar-refractivity contribution is 7.20. The van der Waals surface area contributed by atoms with E-state index in [9.17, 15) is 4.79 Å². The zero-order valence-corrected chi connectivity index (χ0v) is 14.8. The Hall–Kier alpha value is -3.38. The maximum absolute atomic E-state index is 12.6. The molecule has 6 rings (SSSR count). The van der Waals surface area contributed by atoms with E-state index in [0.29, 0.717) is 22.2 Å². The van der Waals surface area contributed by atoms with Crippen LogP contribution in [0.25, 0.3) is 32.5 Å². The van der Waals surface area contributed by atoms with Gasteiger partial charge in [0.25, 0.3) is 5.91 Å². The van der Waals surface area contributed by atoms with Crippen molar-refractivity contribution in [1.29, 1.82) is 0 Å². The average Bonchev–Trinajstić information content (AvgIpc) is 3.38. The SMILES string of the molecule is O=C(Nc1nc2c(s1)-c1cccc3cccc-2c13)c1ccc2c(c1)OCO2. The van der Waals surface area contributed by atoms with Crippen LogP contribution in [-0.2, 0) is 0 Å². The number of nitrogens with zero attached hydrogens (tertiary/aromatic N) is 1. The van der Waals surface area contributed by atoms with Crippen LogP contribution in [0.2, 0.25) is 0 Å². The van der Waals surface area contributed by atoms with Crippen molar-refractivity contribution in [3.63, 3.8) is 0 Å². The molecule has 0 saturated carbocycles. The number of nitrogens with one attached hydrogen (secondary N) is 1. The Morgan fingerprint density at radius 3 is 2.70 bits per heavy atom. The van der Waals surface area contributed by atoms with Crippen molar-refractivity contribution in [1.82, 2.24) is 4.98 Å². The molecule has 1 aliphatic carbocycles. The largest absolute Gasteiger partial charge is 0.454 e. The van der Waals surface area contributed by atoms with Gasteiger partial charge in [-0.15, -0.1) is 0 Å². The minimum atomic E-state index is -0.216. The lowest BCUT2D eigenvalue weighted by Crippen LogP contribution is -2.11. The van der Waals surface area contributed by atoms with E-state index in [0.717, 1.165) is 16.1 Å². The van der Waals surface area contributed by atoms with E-state index in [-0.39, 0.29) is 12.7 Å². The molecular formula is C21H12N2O3S. The third kappa shape index (κ3) is 2.10. The zero-order valence-electron chi connectivity index (χ0n) is 14.0. The molecule has 0 radical (unpaired) electrons. The Morgan fingerprint density at radius 1 is 1.00 bits per heavy atom. The van der Waals surface area contributed by atoms with Gasteiger partial charge in [0.2, 0.25) is 6.79 Å². The molecule has 130 valence electrons. The maximum atomic E-state index is 12.6.